The first-order valence-corrected chi connectivity index (χ1v) is 5.83. The molecule has 0 saturated heterocycles. The Morgan fingerprint density at radius 2 is 2.24 bits per heavy atom. The van der Waals surface area contributed by atoms with Gasteiger partial charge in [0.1, 0.15) is 11.5 Å². The third-order valence-corrected chi connectivity index (χ3v) is 2.64. The fourth-order valence-electron chi connectivity index (χ4n) is 1.45. The molecule has 5 heteroatoms. The number of halogens is 1. The summed E-state index contributed by atoms with van der Waals surface area (Å²) in [5.41, 5.74) is 2.32. The Labute approximate surface area is 107 Å². The number of aromatic nitrogens is 1. The summed E-state index contributed by atoms with van der Waals surface area (Å²) in [6, 6.07) is 9.45. The zero-order valence-corrected chi connectivity index (χ0v) is 10.8. The molecular formula is C12H10BrN3O. The van der Waals surface area contributed by atoms with Gasteiger partial charge >= 0.3 is 0 Å². The monoisotopic (exact) mass is 291 g/mol. The van der Waals surface area contributed by atoms with Crippen LogP contribution in [0, 0.1) is 18.3 Å². The molecule has 0 spiro atoms. The molecule has 0 aliphatic rings. The fourth-order valence-corrected chi connectivity index (χ4v) is 1.94. The number of benzene rings is 1. The van der Waals surface area contributed by atoms with Gasteiger partial charge in [-0.1, -0.05) is 21.1 Å². The first-order chi connectivity index (χ1) is 8.17. The molecule has 0 aliphatic carbocycles. The van der Waals surface area contributed by atoms with Crippen LogP contribution in [-0.2, 0) is 6.54 Å². The highest BCUT2D eigenvalue weighted by Crippen LogP contribution is 2.19. The predicted molar refractivity (Wildman–Crippen MR) is 67.4 cm³/mol. The summed E-state index contributed by atoms with van der Waals surface area (Å²) in [6.45, 7) is 2.42. The maximum Gasteiger partial charge on any atom is 0.133 e. The molecule has 0 aliphatic heterocycles. The van der Waals surface area contributed by atoms with Crippen LogP contribution in [0.5, 0.6) is 0 Å². The lowest BCUT2D eigenvalue weighted by atomic mass is 10.2. The third-order valence-electron chi connectivity index (χ3n) is 2.18. The van der Waals surface area contributed by atoms with E-state index in [1.807, 2.05) is 19.1 Å². The molecule has 0 bridgehead atoms. The Kier molecular flexibility index (Phi) is 3.45. The molecule has 0 fully saturated rings. The van der Waals surface area contributed by atoms with Crippen molar-refractivity contribution in [2.45, 2.75) is 13.5 Å². The van der Waals surface area contributed by atoms with Crippen LogP contribution in [0.3, 0.4) is 0 Å². The lowest BCUT2D eigenvalue weighted by Crippen LogP contribution is -1.99. The summed E-state index contributed by atoms with van der Waals surface area (Å²) in [5.74, 6) is 0.786. The predicted octanol–water partition coefficient (Wildman–Crippen LogP) is 3.23. The van der Waals surface area contributed by atoms with Crippen molar-refractivity contribution < 1.29 is 4.52 Å². The first-order valence-electron chi connectivity index (χ1n) is 5.04. The van der Waals surface area contributed by atoms with Crippen molar-refractivity contribution >= 4 is 21.6 Å². The van der Waals surface area contributed by atoms with Gasteiger partial charge in [0, 0.05) is 16.2 Å². The minimum Gasteiger partial charge on any atom is -0.379 e. The van der Waals surface area contributed by atoms with E-state index in [0.717, 1.165) is 21.6 Å². The minimum absolute atomic E-state index is 0.568. The van der Waals surface area contributed by atoms with E-state index in [0.29, 0.717) is 12.1 Å². The maximum atomic E-state index is 8.85. The average Bonchev–Trinajstić information content (AvgIpc) is 2.72. The maximum absolute atomic E-state index is 8.85. The number of hydrogen-bond donors (Lipinski definition) is 1. The van der Waals surface area contributed by atoms with Gasteiger partial charge in [0.25, 0.3) is 0 Å². The standard InChI is InChI=1S/C12H10BrN3O/c1-8-2-12(16-17-8)7-15-11-4-9(6-14)3-10(13)5-11/h2-5,15H,7H2,1H3. The molecule has 0 unspecified atom stereocenters. The lowest BCUT2D eigenvalue weighted by molar-refractivity contribution is 0.391. The van der Waals surface area contributed by atoms with Crippen molar-refractivity contribution in [3.63, 3.8) is 0 Å². The fraction of sp³-hybridized carbons (Fsp3) is 0.167. The van der Waals surface area contributed by atoms with Crippen LogP contribution in [-0.4, -0.2) is 5.16 Å². The van der Waals surface area contributed by atoms with E-state index in [4.69, 9.17) is 9.78 Å². The molecule has 1 aromatic carbocycles. The summed E-state index contributed by atoms with van der Waals surface area (Å²) < 4.78 is 5.84. The van der Waals surface area contributed by atoms with Crippen molar-refractivity contribution in [3.05, 3.63) is 45.8 Å². The zero-order valence-electron chi connectivity index (χ0n) is 9.20. The van der Waals surface area contributed by atoms with Crippen molar-refractivity contribution in [3.8, 4) is 6.07 Å². The van der Waals surface area contributed by atoms with E-state index in [9.17, 15) is 0 Å². The first kappa shape index (κ1) is 11.7. The van der Waals surface area contributed by atoms with E-state index >= 15 is 0 Å². The molecule has 17 heavy (non-hydrogen) atoms. The van der Waals surface area contributed by atoms with E-state index in [1.165, 1.54) is 0 Å². The number of nitrogens with one attached hydrogen (secondary N) is 1. The van der Waals surface area contributed by atoms with Gasteiger partial charge < -0.3 is 9.84 Å². The Balaban J connectivity index is 2.09. The van der Waals surface area contributed by atoms with E-state index in [1.54, 1.807) is 12.1 Å². The normalized spacial score (nSPS) is 9.94. The summed E-state index contributed by atoms with van der Waals surface area (Å²) in [4.78, 5) is 0. The molecule has 1 heterocycles. The van der Waals surface area contributed by atoms with Gasteiger partial charge in [-0.2, -0.15) is 5.26 Å². The second-order valence-electron chi connectivity index (χ2n) is 3.62. The molecule has 0 amide bonds. The van der Waals surface area contributed by atoms with Crippen molar-refractivity contribution in [2.75, 3.05) is 5.32 Å². The van der Waals surface area contributed by atoms with Gasteiger partial charge in [-0.05, 0) is 25.1 Å². The molecule has 1 aromatic heterocycles. The van der Waals surface area contributed by atoms with Crippen LogP contribution in [0.15, 0.2) is 33.3 Å². The van der Waals surface area contributed by atoms with Crippen LogP contribution in [0.25, 0.3) is 0 Å². The Morgan fingerprint density at radius 1 is 1.41 bits per heavy atom. The summed E-state index contributed by atoms with van der Waals surface area (Å²) in [5, 5.41) is 15.9. The van der Waals surface area contributed by atoms with Gasteiger partial charge in [0.2, 0.25) is 0 Å². The molecule has 0 atom stereocenters. The average molecular weight is 292 g/mol. The van der Waals surface area contributed by atoms with Crippen molar-refractivity contribution in [1.29, 1.82) is 5.26 Å². The second-order valence-corrected chi connectivity index (χ2v) is 4.54. The van der Waals surface area contributed by atoms with Gasteiger partial charge in [-0.25, -0.2) is 0 Å². The van der Waals surface area contributed by atoms with Crippen molar-refractivity contribution in [2.24, 2.45) is 0 Å². The van der Waals surface area contributed by atoms with Crippen LogP contribution in [0.1, 0.15) is 17.0 Å². The molecule has 0 radical (unpaired) electrons. The summed E-state index contributed by atoms with van der Waals surface area (Å²) >= 11 is 3.36. The lowest BCUT2D eigenvalue weighted by Gasteiger charge is -2.05. The largest absolute Gasteiger partial charge is 0.379 e. The van der Waals surface area contributed by atoms with Crippen molar-refractivity contribution in [1.82, 2.24) is 5.16 Å². The van der Waals surface area contributed by atoms with Crippen LogP contribution >= 0.6 is 15.9 Å². The van der Waals surface area contributed by atoms with Crippen LogP contribution < -0.4 is 5.32 Å². The van der Waals surface area contributed by atoms with E-state index < -0.39 is 0 Å². The molecule has 2 rings (SSSR count). The second kappa shape index (κ2) is 5.02. The van der Waals surface area contributed by atoms with Crippen LogP contribution in [0.4, 0.5) is 5.69 Å². The van der Waals surface area contributed by atoms with E-state index in [2.05, 4.69) is 32.5 Å². The topological polar surface area (TPSA) is 61.9 Å². The van der Waals surface area contributed by atoms with E-state index in [-0.39, 0.29) is 0 Å². The molecule has 86 valence electrons. The number of rotatable bonds is 3. The zero-order chi connectivity index (χ0) is 12.3. The van der Waals surface area contributed by atoms with Gasteiger partial charge in [0.15, 0.2) is 0 Å². The Bertz CT molecular complexity index is 571. The summed E-state index contributed by atoms with van der Waals surface area (Å²) in [7, 11) is 0. The van der Waals surface area contributed by atoms with Gasteiger partial charge in [-0.3, -0.25) is 0 Å². The molecule has 0 saturated carbocycles. The van der Waals surface area contributed by atoms with Crippen LogP contribution in [0.2, 0.25) is 0 Å². The summed E-state index contributed by atoms with van der Waals surface area (Å²) in [6.07, 6.45) is 0. The highest BCUT2D eigenvalue weighted by atomic mass is 79.9. The quantitative estimate of drug-likeness (QED) is 0.943. The van der Waals surface area contributed by atoms with Gasteiger partial charge in [0.05, 0.1) is 18.2 Å². The van der Waals surface area contributed by atoms with Gasteiger partial charge in [-0.15, -0.1) is 0 Å². The molecule has 1 N–H and O–H groups in total. The smallest absolute Gasteiger partial charge is 0.133 e. The third kappa shape index (κ3) is 3.08. The number of anilines is 1. The molecule has 4 nitrogen and oxygen atoms in total. The highest BCUT2D eigenvalue weighted by Gasteiger charge is 2.02. The molecular weight excluding hydrogens is 282 g/mol. The number of hydrogen-bond acceptors (Lipinski definition) is 4. The Hall–Kier alpha value is -1.80. The number of aryl methyl sites for hydroxylation is 1. The Morgan fingerprint density at radius 3 is 2.88 bits per heavy atom. The minimum atomic E-state index is 0.568. The highest BCUT2D eigenvalue weighted by molar-refractivity contribution is 9.10. The number of nitriles is 1. The number of nitrogens with zero attached hydrogens (tertiary/aromatic N) is 2. The SMILES string of the molecule is Cc1cc(CNc2cc(Br)cc(C#N)c2)no1. The molecule has 2 aromatic rings.